The zero-order valence-electron chi connectivity index (χ0n) is 19.9. The fourth-order valence-electron chi connectivity index (χ4n) is 4.21. The highest BCUT2D eigenvalue weighted by atomic mass is 35.5. The third kappa shape index (κ3) is 7.35. The molecule has 10 heteroatoms. The maximum atomic E-state index is 13.6. The summed E-state index contributed by atoms with van der Waals surface area (Å²) in [5, 5.41) is 3.72. The first-order valence-electron chi connectivity index (χ1n) is 11.6. The molecular weight excluding hydrogens is 509 g/mol. The van der Waals surface area contributed by atoms with E-state index in [0.29, 0.717) is 10.6 Å². The normalized spacial score (nSPS) is 15.3. The number of nitrogens with zero attached hydrogens (tertiary/aromatic N) is 2. The lowest BCUT2D eigenvalue weighted by molar-refractivity contribution is -0.139. The van der Waals surface area contributed by atoms with Crippen molar-refractivity contribution in [2.75, 3.05) is 17.1 Å². The summed E-state index contributed by atoms with van der Waals surface area (Å²) >= 11 is 12.6. The number of benzene rings is 2. The molecule has 3 rings (SSSR count). The number of rotatable bonds is 9. The molecule has 0 bridgehead atoms. The van der Waals surface area contributed by atoms with E-state index in [1.807, 2.05) is 0 Å². The SMILES string of the molecule is C[C@@H](C(=O)NC1CCCCC1)N(Cc1ccccc1Cl)C(=O)CN(c1ccccc1Cl)S(C)(=O)=O. The first-order chi connectivity index (χ1) is 16.6. The van der Waals surface area contributed by atoms with Crippen LogP contribution >= 0.6 is 23.2 Å². The average Bonchev–Trinajstić information content (AvgIpc) is 2.82. The Morgan fingerprint density at radius 2 is 1.60 bits per heavy atom. The van der Waals surface area contributed by atoms with E-state index in [0.717, 1.165) is 42.7 Å². The summed E-state index contributed by atoms with van der Waals surface area (Å²) in [6.07, 6.45) is 6.10. The summed E-state index contributed by atoms with van der Waals surface area (Å²) in [7, 11) is -3.84. The zero-order chi connectivity index (χ0) is 25.6. The third-order valence-corrected chi connectivity index (χ3v) is 8.03. The molecule has 1 atom stereocenters. The summed E-state index contributed by atoms with van der Waals surface area (Å²) in [5.41, 5.74) is 0.852. The molecule has 1 aliphatic rings. The molecule has 0 unspecified atom stereocenters. The van der Waals surface area contributed by atoms with E-state index in [1.54, 1.807) is 49.4 Å². The molecule has 2 aromatic rings. The van der Waals surface area contributed by atoms with Gasteiger partial charge in [-0.15, -0.1) is 0 Å². The van der Waals surface area contributed by atoms with Crippen molar-refractivity contribution >= 4 is 50.7 Å². The molecule has 1 aliphatic carbocycles. The summed E-state index contributed by atoms with van der Waals surface area (Å²) in [5.74, 6) is -0.817. The monoisotopic (exact) mass is 539 g/mol. The quantitative estimate of drug-likeness (QED) is 0.503. The van der Waals surface area contributed by atoms with Gasteiger partial charge in [-0.1, -0.05) is 72.8 Å². The first-order valence-corrected chi connectivity index (χ1v) is 14.2. The van der Waals surface area contributed by atoms with Gasteiger partial charge >= 0.3 is 0 Å². The van der Waals surface area contributed by atoms with Crippen LogP contribution in [0.25, 0.3) is 0 Å². The Kier molecular flexibility index (Phi) is 9.44. The van der Waals surface area contributed by atoms with Crippen LogP contribution in [-0.2, 0) is 26.2 Å². The van der Waals surface area contributed by atoms with Crippen LogP contribution in [0.3, 0.4) is 0 Å². The van der Waals surface area contributed by atoms with Crippen molar-refractivity contribution in [2.45, 2.75) is 57.7 Å². The summed E-state index contributed by atoms with van der Waals surface area (Å²) < 4.78 is 26.2. The Labute approximate surface area is 217 Å². The Morgan fingerprint density at radius 3 is 2.20 bits per heavy atom. The molecular formula is C25H31Cl2N3O4S. The van der Waals surface area contributed by atoms with Crippen LogP contribution in [0.15, 0.2) is 48.5 Å². The van der Waals surface area contributed by atoms with Crippen LogP contribution in [0.4, 0.5) is 5.69 Å². The van der Waals surface area contributed by atoms with Gasteiger partial charge in [0.25, 0.3) is 0 Å². The van der Waals surface area contributed by atoms with Crippen LogP contribution in [0.1, 0.15) is 44.6 Å². The van der Waals surface area contributed by atoms with Gasteiger partial charge in [0.2, 0.25) is 21.8 Å². The number of anilines is 1. The molecule has 0 spiro atoms. The van der Waals surface area contributed by atoms with Crippen molar-refractivity contribution in [2.24, 2.45) is 0 Å². The predicted molar refractivity (Wildman–Crippen MR) is 140 cm³/mol. The molecule has 1 saturated carbocycles. The van der Waals surface area contributed by atoms with Crippen molar-refractivity contribution in [3.63, 3.8) is 0 Å². The lowest BCUT2D eigenvalue weighted by Crippen LogP contribution is -2.53. The number of hydrogen-bond acceptors (Lipinski definition) is 4. The van der Waals surface area contributed by atoms with Crippen LogP contribution in [0, 0.1) is 0 Å². The molecule has 2 amide bonds. The van der Waals surface area contributed by atoms with Crippen molar-refractivity contribution in [1.82, 2.24) is 10.2 Å². The van der Waals surface area contributed by atoms with Crippen LogP contribution < -0.4 is 9.62 Å². The smallest absolute Gasteiger partial charge is 0.244 e. The number of halogens is 2. The van der Waals surface area contributed by atoms with Gasteiger partial charge < -0.3 is 10.2 Å². The number of carbonyl (C=O) groups is 2. The maximum absolute atomic E-state index is 13.6. The highest BCUT2D eigenvalue weighted by Crippen LogP contribution is 2.28. The van der Waals surface area contributed by atoms with Gasteiger partial charge in [-0.2, -0.15) is 0 Å². The van der Waals surface area contributed by atoms with Crippen molar-refractivity contribution in [3.8, 4) is 0 Å². The Bertz CT molecular complexity index is 1150. The molecule has 0 heterocycles. The molecule has 1 fully saturated rings. The van der Waals surface area contributed by atoms with Crippen LogP contribution in [0.5, 0.6) is 0 Å². The highest BCUT2D eigenvalue weighted by molar-refractivity contribution is 7.92. The second-order valence-corrected chi connectivity index (χ2v) is 11.6. The van der Waals surface area contributed by atoms with E-state index in [1.165, 1.54) is 11.0 Å². The highest BCUT2D eigenvalue weighted by Gasteiger charge is 2.32. The fraction of sp³-hybridized carbons (Fsp3) is 0.440. The predicted octanol–water partition coefficient (Wildman–Crippen LogP) is 4.63. The molecule has 190 valence electrons. The summed E-state index contributed by atoms with van der Waals surface area (Å²) in [6, 6.07) is 12.7. The topological polar surface area (TPSA) is 86.8 Å². The van der Waals surface area contributed by atoms with E-state index in [2.05, 4.69) is 5.32 Å². The second-order valence-electron chi connectivity index (χ2n) is 8.85. The number of sulfonamides is 1. The number of nitrogens with one attached hydrogen (secondary N) is 1. The number of hydrogen-bond donors (Lipinski definition) is 1. The van der Waals surface area contributed by atoms with Gasteiger partial charge in [0.15, 0.2) is 0 Å². The fourth-order valence-corrected chi connectivity index (χ4v) is 5.56. The largest absolute Gasteiger partial charge is 0.352 e. The van der Waals surface area contributed by atoms with E-state index in [-0.39, 0.29) is 29.2 Å². The Balaban J connectivity index is 1.89. The van der Waals surface area contributed by atoms with Crippen LogP contribution in [0.2, 0.25) is 10.0 Å². The molecule has 0 aromatic heterocycles. The van der Waals surface area contributed by atoms with Crippen molar-refractivity contribution < 1.29 is 18.0 Å². The van der Waals surface area contributed by atoms with Gasteiger partial charge in [-0.05, 0) is 43.5 Å². The number of amides is 2. The van der Waals surface area contributed by atoms with E-state index in [9.17, 15) is 18.0 Å². The lowest BCUT2D eigenvalue weighted by atomic mass is 9.95. The Hall–Kier alpha value is -2.29. The van der Waals surface area contributed by atoms with E-state index in [4.69, 9.17) is 23.2 Å². The molecule has 7 nitrogen and oxygen atoms in total. The minimum atomic E-state index is -3.84. The first kappa shape index (κ1) is 27.3. The third-order valence-electron chi connectivity index (χ3n) is 6.22. The maximum Gasteiger partial charge on any atom is 0.244 e. The second kappa shape index (κ2) is 12.1. The van der Waals surface area contributed by atoms with Gasteiger partial charge in [0, 0.05) is 17.6 Å². The lowest BCUT2D eigenvalue weighted by Gasteiger charge is -2.33. The summed E-state index contributed by atoms with van der Waals surface area (Å²) in [4.78, 5) is 28.1. The zero-order valence-corrected chi connectivity index (χ0v) is 22.2. The minimum Gasteiger partial charge on any atom is -0.352 e. The Morgan fingerprint density at radius 1 is 1.00 bits per heavy atom. The van der Waals surface area contributed by atoms with E-state index >= 15 is 0 Å². The van der Waals surface area contributed by atoms with Gasteiger partial charge in [-0.25, -0.2) is 8.42 Å². The van der Waals surface area contributed by atoms with Crippen molar-refractivity contribution in [1.29, 1.82) is 0 Å². The molecule has 0 radical (unpaired) electrons. The van der Waals surface area contributed by atoms with Gasteiger partial charge in [-0.3, -0.25) is 13.9 Å². The number of carbonyl (C=O) groups excluding carboxylic acids is 2. The molecule has 1 N–H and O–H groups in total. The number of para-hydroxylation sites is 1. The molecule has 35 heavy (non-hydrogen) atoms. The van der Waals surface area contributed by atoms with Crippen molar-refractivity contribution in [3.05, 3.63) is 64.1 Å². The van der Waals surface area contributed by atoms with Gasteiger partial charge in [0.1, 0.15) is 12.6 Å². The standard InChI is InChI=1S/C25H31Cl2N3O4S/c1-18(25(32)28-20-11-4-3-5-12-20)29(16-19-10-6-7-13-21(19)26)24(31)17-30(35(2,33)34)23-15-9-8-14-22(23)27/h6-10,13-15,18,20H,3-5,11-12,16-17H2,1-2H3,(H,28,32)/t18-/m0/s1. The van der Waals surface area contributed by atoms with Gasteiger partial charge in [0.05, 0.1) is 17.0 Å². The van der Waals surface area contributed by atoms with Crippen LogP contribution in [-0.4, -0.2) is 50.0 Å². The molecule has 2 aromatic carbocycles. The van der Waals surface area contributed by atoms with E-state index < -0.39 is 28.5 Å². The average molecular weight is 541 g/mol. The molecule has 0 saturated heterocycles. The summed E-state index contributed by atoms with van der Waals surface area (Å²) in [6.45, 7) is 1.19. The minimum absolute atomic E-state index is 0.0535. The molecule has 0 aliphatic heterocycles.